The van der Waals surface area contributed by atoms with Gasteiger partial charge in [0.05, 0.1) is 11.7 Å². The van der Waals surface area contributed by atoms with Crippen molar-refractivity contribution in [3.63, 3.8) is 0 Å². The Bertz CT molecular complexity index is 769. The van der Waals surface area contributed by atoms with Crippen LogP contribution < -0.4 is 10.4 Å². The van der Waals surface area contributed by atoms with E-state index in [1.165, 1.54) is 15.6 Å². The second-order valence-corrected chi connectivity index (χ2v) is 12.3. The third-order valence-electron chi connectivity index (χ3n) is 5.81. The van der Waals surface area contributed by atoms with E-state index >= 15 is 0 Å². The molecule has 0 N–H and O–H groups in total. The second kappa shape index (κ2) is 7.95. The third-order valence-corrected chi connectivity index (χ3v) is 11.0. The Morgan fingerprint density at radius 3 is 1.89 bits per heavy atom. The van der Waals surface area contributed by atoms with Crippen molar-refractivity contribution >= 4 is 24.2 Å². The first-order chi connectivity index (χ1) is 12.9. The first-order valence-electron chi connectivity index (χ1n) is 9.82. The minimum absolute atomic E-state index is 0.0402. The Morgan fingerprint density at radius 2 is 1.48 bits per heavy atom. The average molecular weight is 379 g/mol. The molecule has 1 atom stereocenters. The summed E-state index contributed by atoms with van der Waals surface area (Å²) in [6, 6.07) is 22.9. The lowest BCUT2D eigenvalue weighted by Gasteiger charge is -2.34. The molecule has 0 amide bonds. The van der Waals surface area contributed by atoms with E-state index in [2.05, 4.69) is 87.5 Å². The molecule has 1 heterocycles. The predicted octanol–water partition coefficient (Wildman–Crippen LogP) is 4.28. The van der Waals surface area contributed by atoms with Crippen LogP contribution in [0, 0.1) is 0 Å². The maximum absolute atomic E-state index is 11.4. The number of allylic oxidation sites excluding steroid dienone is 2. The zero-order valence-corrected chi connectivity index (χ0v) is 17.9. The van der Waals surface area contributed by atoms with Gasteiger partial charge in [-0.1, -0.05) is 71.9 Å². The summed E-state index contributed by atoms with van der Waals surface area (Å²) in [4.78, 5) is 11.4. The van der Waals surface area contributed by atoms with Gasteiger partial charge < -0.3 is 9.53 Å². The Morgan fingerprint density at radius 1 is 1.00 bits per heavy atom. The molecule has 0 unspecified atom stereocenters. The quantitative estimate of drug-likeness (QED) is 0.507. The molecule has 0 aromatic heterocycles. The van der Waals surface area contributed by atoms with E-state index in [1.54, 1.807) is 6.92 Å². The van der Waals surface area contributed by atoms with Crippen LogP contribution in [0.4, 0.5) is 0 Å². The number of ether oxygens (including phenoxy) is 1. The van der Waals surface area contributed by atoms with Crippen LogP contribution in [-0.4, -0.2) is 25.6 Å². The summed E-state index contributed by atoms with van der Waals surface area (Å²) in [5, 5.41) is 4.26. The fourth-order valence-corrected chi connectivity index (χ4v) is 9.21. The van der Waals surface area contributed by atoms with Crippen LogP contribution in [-0.2, 0) is 9.53 Å². The number of hydrogen-bond acceptors (Lipinski definition) is 2. The van der Waals surface area contributed by atoms with Crippen LogP contribution in [0.3, 0.4) is 0 Å². The van der Waals surface area contributed by atoms with E-state index in [4.69, 9.17) is 4.74 Å². The maximum atomic E-state index is 11.4. The van der Waals surface area contributed by atoms with Crippen LogP contribution in [0.5, 0.6) is 0 Å². The zero-order valence-electron chi connectivity index (χ0n) is 16.9. The van der Waals surface area contributed by atoms with Gasteiger partial charge in [-0.25, -0.2) is 0 Å². The van der Waals surface area contributed by atoms with Crippen molar-refractivity contribution in [3.05, 3.63) is 71.9 Å². The smallest absolute Gasteiger partial charge is 0.146 e. The topological polar surface area (TPSA) is 29.6 Å². The molecule has 0 bridgehead atoms. The summed E-state index contributed by atoms with van der Waals surface area (Å²) in [5.41, 5.74) is -0.0402. The number of Topliss-reactive ketones (excluding diaryl/α,β-unsaturated/α-hetero) is 1. The molecule has 0 aliphatic carbocycles. The number of carbonyl (C=O) groups excluding carboxylic acids is 1. The van der Waals surface area contributed by atoms with Crippen molar-refractivity contribution in [1.82, 2.24) is 0 Å². The normalized spacial score (nSPS) is 19.0. The Labute approximate surface area is 164 Å². The lowest BCUT2D eigenvalue weighted by atomic mass is 10.2. The van der Waals surface area contributed by atoms with Gasteiger partial charge in [0.1, 0.15) is 13.9 Å². The van der Waals surface area contributed by atoms with Gasteiger partial charge in [0.15, 0.2) is 0 Å². The SMILES string of the molecule is CC(=O)CC/C=C(\C)[Si](C[C@@H]1OC1(C)C)(c1ccccc1)c1ccccc1. The summed E-state index contributed by atoms with van der Waals surface area (Å²) >= 11 is 0. The molecular weight excluding hydrogens is 348 g/mol. The fraction of sp³-hybridized carbons (Fsp3) is 0.375. The van der Waals surface area contributed by atoms with E-state index in [0.717, 1.165) is 12.5 Å². The molecule has 0 radical (unpaired) electrons. The molecular formula is C24H30O2Si. The van der Waals surface area contributed by atoms with E-state index in [0.29, 0.717) is 6.42 Å². The molecule has 2 aromatic rings. The van der Waals surface area contributed by atoms with Gasteiger partial charge in [0.2, 0.25) is 0 Å². The monoisotopic (exact) mass is 378 g/mol. The minimum Gasteiger partial charge on any atom is -0.367 e. The van der Waals surface area contributed by atoms with Gasteiger partial charge in [-0.2, -0.15) is 0 Å². The number of benzene rings is 2. The van der Waals surface area contributed by atoms with Gasteiger partial charge in [-0.15, -0.1) is 0 Å². The highest BCUT2D eigenvalue weighted by Crippen LogP contribution is 2.42. The van der Waals surface area contributed by atoms with Crippen LogP contribution in [0.15, 0.2) is 71.9 Å². The van der Waals surface area contributed by atoms with Crippen LogP contribution in [0.25, 0.3) is 0 Å². The molecule has 0 spiro atoms. The second-order valence-electron chi connectivity index (χ2n) is 8.18. The van der Waals surface area contributed by atoms with Gasteiger partial charge in [-0.05, 0) is 50.5 Å². The lowest BCUT2D eigenvalue weighted by molar-refractivity contribution is -0.116. The molecule has 0 saturated carbocycles. The molecule has 2 aromatic carbocycles. The average Bonchev–Trinajstić information content (AvgIpc) is 3.26. The van der Waals surface area contributed by atoms with Crippen LogP contribution in [0.1, 0.15) is 40.5 Å². The standard InChI is InChI=1S/C24H30O2Si/c1-19(25)12-11-13-20(2)27(18-23-24(3,4)26-23,21-14-7-5-8-15-21)22-16-9-6-10-17-22/h5-10,13-17,23H,11-12,18H2,1-4H3/b20-13+/t23-/m0/s1. The summed E-state index contributed by atoms with van der Waals surface area (Å²) in [5.74, 6) is 0.248. The summed E-state index contributed by atoms with van der Waals surface area (Å²) in [6.45, 7) is 8.30. The Balaban J connectivity index is 2.11. The molecule has 27 heavy (non-hydrogen) atoms. The number of ketones is 1. The van der Waals surface area contributed by atoms with Crippen molar-refractivity contribution in [3.8, 4) is 0 Å². The summed E-state index contributed by atoms with van der Waals surface area (Å²) < 4.78 is 6.05. The van der Waals surface area contributed by atoms with Crippen molar-refractivity contribution in [1.29, 1.82) is 0 Å². The van der Waals surface area contributed by atoms with E-state index in [1.807, 2.05) is 0 Å². The third kappa shape index (κ3) is 4.31. The molecule has 2 nitrogen and oxygen atoms in total. The maximum Gasteiger partial charge on any atom is 0.146 e. The van der Waals surface area contributed by atoms with E-state index in [-0.39, 0.29) is 17.5 Å². The van der Waals surface area contributed by atoms with Crippen molar-refractivity contribution in [2.75, 3.05) is 0 Å². The summed E-state index contributed by atoms with van der Waals surface area (Å²) in [7, 11) is -2.19. The van der Waals surface area contributed by atoms with E-state index in [9.17, 15) is 4.79 Å². The Kier molecular flexibility index (Phi) is 5.83. The molecule has 1 saturated heterocycles. The van der Waals surface area contributed by atoms with Gasteiger partial charge in [0, 0.05) is 6.42 Å². The van der Waals surface area contributed by atoms with Crippen molar-refractivity contribution < 1.29 is 9.53 Å². The molecule has 1 fully saturated rings. The van der Waals surface area contributed by atoms with E-state index < -0.39 is 8.07 Å². The minimum atomic E-state index is -2.19. The molecule has 142 valence electrons. The highest BCUT2D eigenvalue weighted by atomic mass is 28.3. The lowest BCUT2D eigenvalue weighted by Crippen LogP contribution is -2.60. The summed E-state index contributed by atoms with van der Waals surface area (Å²) in [6.07, 6.45) is 4.00. The van der Waals surface area contributed by atoms with Gasteiger partial charge in [0.25, 0.3) is 0 Å². The molecule has 1 aliphatic heterocycles. The van der Waals surface area contributed by atoms with Crippen molar-refractivity contribution in [2.24, 2.45) is 0 Å². The fourth-order valence-electron chi connectivity index (χ4n) is 4.03. The predicted molar refractivity (Wildman–Crippen MR) is 115 cm³/mol. The van der Waals surface area contributed by atoms with Gasteiger partial charge in [-0.3, -0.25) is 0 Å². The first-order valence-corrected chi connectivity index (χ1v) is 12.0. The largest absolute Gasteiger partial charge is 0.367 e. The highest BCUT2D eigenvalue weighted by Gasteiger charge is 2.54. The first kappa shape index (κ1) is 19.8. The number of epoxide rings is 1. The zero-order chi connectivity index (χ0) is 19.5. The molecule has 3 rings (SSSR count). The molecule has 3 heteroatoms. The number of hydrogen-bond donors (Lipinski definition) is 0. The molecule has 1 aliphatic rings. The van der Waals surface area contributed by atoms with Gasteiger partial charge >= 0.3 is 0 Å². The van der Waals surface area contributed by atoms with Crippen LogP contribution >= 0.6 is 0 Å². The number of rotatable bonds is 8. The van der Waals surface area contributed by atoms with Crippen LogP contribution in [0.2, 0.25) is 6.04 Å². The van der Waals surface area contributed by atoms with Crippen molar-refractivity contribution in [2.45, 2.75) is 58.3 Å². The Hall–Kier alpha value is -1.97. The number of carbonyl (C=O) groups is 1. The highest BCUT2D eigenvalue weighted by molar-refractivity contribution is 7.07.